The highest BCUT2D eigenvalue weighted by atomic mass is 16.5. The van der Waals surface area contributed by atoms with Gasteiger partial charge in [0.1, 0.15) is 0 Å². The Bertz CT molecular complexity index is 733. The number of piperidine rings is 1. The molecule has 6 heteroatoms. The summed E-state index contributed by atoms with van der Waals surface area (Å²) in [6, 6.07) is 7.93. The van der Waals surface area contributed by atoms with Gasteiger partial charge in [-0.2, -0.15) is 4.98 Å². The molecule has 0 saturated carbocycles. The molecule has 26 heavy (non-hydrogen) atoms. The lowest BCUT2D eigenvalue weighted by molar-refractivity contribution is 0.0907. The Morgan fingerprint density at radius 3 is 2.73 bits per heavy atom. The first-order chi connectivity index (χ1) is 12.5. The maximum absolute atomic E-state index is 12.4. The van der Waals surface area contributed by atoms with Gasteiger partial charge in [-0.3, -0.25) is 9.69 Å². The van der Waals surface area contributed by atoms with Gasteiger partial charge in [0.2, 0.25) is 5.89 Å². The molecule has 140 valence electrons. The van der Waals surface area contributed by atoms with Crippen LogP contribution >= 0.6 is 0 Å². The van der Waals surface area contributed by atoms with Crippen molar-refractivity contribution in [2.24, 2.45) is 5.92 Å². The van der Waals surface area contributed by atoms with Crippen molar-refractivity contribution in [2.75, 3.05) is 13.1 Å². The summed E-state index contributed by atoms with van der Waals surface area (Å²) in [6.07, 6.45) is 2.70. The number of aromatic nitrogens is 2. The molecule has 1 saturated heterocycles. The van der Waals surface area contributed by atoms with Crippen LogP contribution in [0.1, 0.15) is 54.3 Å². The van der Waals surface area contributed by atoms with Crippen LogP contribution in [0, 0.1) is 12.8 Å². The van der Waals surface area contributed by atoms with Gasteiger partial charge in [0.05, 0.1) is 6.54 Å². The molecule has 1 N–H and O–H groups in total. The third-order valence-electron chi connectivity index (χ3n) is 4.77. The Morgan fingerprint density at radius 2 is 2.04 bits per heavy atom. The van der Waals surface area contributed by atoms with Gasteiger partial charge in [0.25, 0.3) is 5.91 Å². The van der Waals surface area contributed by atoms with Crippen LogP contribution in [0.3, 0.4) is 0 Å². The van der Waals surface area contributed by atoms with Gasteiger partial charge >= 0.3 is 0 Å². The number of aryl methyl sites for hydroxylation is 1. The van der Waals surface area contributed by atoms with Gasteiger partial charge in [0.15, 0.2) is 5.82 Å². The SMILES string of the molecule is Cc1ccccc1C(=O)NC1CCN(Cc2noc(CC(C)C)n2)CC1. The van der Waals surface area contributed by atoms with Crippen molar-refractivity contribution >= 4 is 5.91 Å². The molecule has 1 aromatic heterocycles. The Balaban J connectivity index is 1.46. The van der Waals surface area contributed by atoms with Crippen LogP contribution in [-0.2, 0) is 13.0 Å². The molecule has 0 aliphatic carbocycles. The minimum Gasteiger partial charge on any atom is -0.349 e. The maximum atomic E-state index is 12.4. The van der Waals surface area contributed by atoms with Crippen LogP contribution in [0.4, 0.5) is 0 Å². The highest BCUT2D eigenvalue weighted by Gasteiger charge is 2.23. The van der Waals surface area contributed by atoms with Crippen LogP contribution < -0.4 is 5.32 Å². The predicted molar refractivity (Wildman–Crippen MR) is 99.8 cm³/mol. The minimum absolute atomic E-state index is 0.0260. The van der Waals surface area contributed by atoms with E-state index in [2.05, 4.69) is 34.2 Å². The third-order valence-corrected chi connectivity index (χ3v) is 4.77. The standard InChI is InChI=1S/C20H28N4O2/c1-14(2)12-19-22-18(23-26-19)13-24-10-8-16(9-11-24)21-20(25)17-7-5-4-6-15(17)3/h4-7,14,16H,8-13H2,1-3H3,(H,21,25). The number of rotatable bonds is 6. The highest BCUT2D eigenvalue weighted by molar-refractivity contribution is 5.95. The van der Waals surface area contributed by atoms with Crippen LogP contribution in [-0.4, -0.2) is 40.1 Å². The van der Waals surface area contributed by atoms with E-state index < -0.39 is 0 Å². The highest BCUT2D eigenvalue weighted by Crippen LogP contribution is 2.15. The number of benzene rings is 1. The van der Waals surface area contributed by atoms with Crippen molar-refractivity contribution in [2.45, 2.75) is 52.6 Å². The second kappa shape index (κ2) is 8.45. The lowest BCUT2D eigenvalue weighted by Crippen LogP contribution is -2.44. The molecule has 0 unspecified atom stereocenters. The summed E-state index contributed by atoms with van der Waals surface area (Å²) in [5, 5.41) is 7.25. The van der Waals surface area contributed by atoms with E-state index in [0.29, 0.717) is 12.5 Å². The van der Waals surface area contributed by atoms with E-state index >= 15 is 0 Å². The Labute approximate surface area is 155 Å². The van der Waals surface area contributed by atoms with E-state index in [1.165, 1.54) is 0 Å². The van der Waals surface area contributed by atoms with E-state index in [1.807, 2.05) is 31.2 Å². The molecule has 3 rings (SSSR count). The van der Waals surface area contributed by atoms with Gasteiger partial charge in [-0.05, 0) is 37.3 Å². The lowest BCUT2D eigenvalue weighted by atomic mass is 10.0. The second-order valence-electron chi connectivity index (χ2n) is 7.54. The molecule has 1 aliphatic rings. The first-order valence-corrected chi connectivity index (χ1v) is 9.41. The molecule has 2 aromatic rings. The molecular weight excluding hydrogens is 328 g/mol. The van der Waals surface area contributed by atoms with Crippen molar-refractivity contribution in [1.82, 2.24) is 20.4 Å². The molecule has 0 atom stereocenters. The summed E-state index contributed by atoms with van der Waals surface area (Å²) in [4.78, 5) is 19.2. The number of nitrogens with zero attached hydrogens (tertiary/aromatic N) is 3. The summed E-state index contributed by atoms with van der Waals surface area (Å²) in [7, 11) is 0. The van der Waals surface area contributed by atoms with Crippen LogP contribution in [0.15, 0.2) is 28.8 Å². The molecule has 0 spiro atoms. The molecule has 1 amide bonds. The number of nitrogens with one attached hydrogen (secondary N) is 1. The van der Waals surface area contributed by atoms with E-state index in [-0.39, 0.29) is 11.9 Å². The normalized spacial score (nSPS) is 16.2. The summed E-state index contributed by atoms with van der Waals surface area (Å²) in [6.45, 7) is 8.80. The molecule has 1 fully saturated rings. The molecule has 2 heterocycles. The summed E-state index contributed by atoms with van der Waals surface area (Å²) >= 11 is 0. The zero-order valence-electron chi connectivity index (χ0n) is 15.9. The molecular formula is C20H28N4O2. The fourth-order valence-electron chi connectivity index (χ4n) is 3.31. The predicted octanol–water partition coefficient (Wildman–Crippen LogP) is 2.97. The lowest BCUT2D eigenvalue weighted by Gasteiger charge is -2.31. The number of likely N-dealkylation sites (tertiary alicyclic amines) is 1. The van der Waals surface area contributed by atoms with Crippen molar-refractivity contribution < 1.29 is 9.32 Å². The monoisotopic (exact) mass is 356 g/mol. The quantitative estimate of drug-likeness (QED) is 0.861. The largest absolute Gasteiger partial charge is 0.349 e. The van der Waals surface area contributed by atoms with Crippen LogP contribution in [0.2, 0.25) is 0 Å². The van der Waals surface area contributed by atoms with Crippen LogP contribution in [0.25, 0.3) is 0 Å². The zero-order valence-corrected chi connectivity index (χ0v) is 15.9. The van der Waals surface area contributed by atoms with E-state index in [4.69, 9.17) is 4.52 Å². The van der Waals surface area contributed by atoms with Crippen LogP contribution in [0.5, 0.6) is 0 Å². The molecule has 0 radical (unpaired) electrons. The summed E-state index contributed by atoms with van der Waals surface area (Å²) in [5.74, 6) is 2.01. The Kier molecular flexibility index (Phi) is 6.04. The van der Waals surface area contributed by atoms with Gasteiger partial charge in [-0.15, -0.1) is 0 Å². The average molecular weight is 356 g/mol. The number of carbonyl (C=O) groups is 1. The maximum Gasteiger partial charge on any atom is 0.251 e. The number of amides is 1. The Hall–Kier alpha value is -2.21. The fraction of sp³-hybridized carbons (Fsp3) is 0.550. The van der Waals surface area contributed by atoms with Gasteiger partial charge < -0.3 is 9.84 Å². The van der Waals surface area contributed by atoms with E-state index in [1.54, 1.807) is 0 Å². The summed E-state index contributed by atoms with van der Waals surface area (Å²) < 4.78 is 5.31. The first-order valence-electron chi connectivity index (χ1n) is 9.41. The third kappa shape index (κ3) is 4.91. The number of carbonyl (C=O) groups excluding carboxylic acids is 1. The minimum atomic E-state index is 0.0260. The Morgan fingerprint density at radius 1 is 1.31 bits per heavy atom. The zero-order chi connectivity index (χ0) is 18.5. The van der Waals surface area contributed by atoms with Gasteiger partial charge in [-0.1, -0.05) is 37.2 Å². The van der Waals surface area contributed by atoms with E-state index in [9.17, 15) is 4.79 Å². The van der Waals surface area contributed by atoms with Crippen molar-refractivity contribution in [3.63, 3.8) is 0 Å². The van der Waals surface area contributed by atoms with Crippen molar-refractivity contribution in [3.05, 3.63) is 47.1 Å². The molecule has 6 nitrogen and oxygen atoms in total. The van der Waals surface area contributed by atoms with Crippen molar-refractivity contribution in [1.29, 1.82) is 0 Å². The number of hydrogen-bond acceptors (Lipinski definition) is 5. The summed E-state index contributed by atoms with van der Waals surface area (Å²) in [5.41, 5.74) is 1.77. The molecule has 0 bridgehead atoms. The smallest absolute Gasteiger partial charge is 0.251 e. The average Bonchev–Trinajstić information content (AvgIpc) is 3.03. The second-order valence-corrected chi connectivity index (χ2v) is 7.54. The fourth-order valence-corrected chi connectivity index (χ4v) is 3.31. The van der Waals surface area contributed by atoms with E-state index in [0.717, 1.165) is 55.2 Å². The first kappa shape index (κ1) is 18.6. The topological polar surface area (TPSA) is 71.3 Å². The number of hydrogen-bond donors (Lipinski definition) is 1. The van der Waals surface area contributed by atoms with Crippen molar-refractivity contribution in [3.8, 4) is 0 Å². The van der Waals surface area contributed by atoms with Gasteiger partial charge in [0, 0.05) is 31.1 Å². The molecule has 1 aliphatic heterocycles. The molecule has 1 aromatic carbocycles. The van der Waals surface area contributed by atoms with Gasteiger partial charge in [-0.25, -0.2) is 0 Å².